The summed E-state index contributed by atoms with van der Waals surface area (Å²) in [5.41, 5.74) is 2.43. The van der Waals surface area contributed by atoms with Crippen molar-refractivity contribution in [3.8, 4) is 0 Å². The van der Waals surface area contributed by atoms with Gasteiger partial charge in [-0.15, -0.1) is 0 Å². The number of imidazole rings is 1. The fourth-order valence-electron chi connectivity index (χ4n) is 2.22. The van der Waals surface area contributed by atoms with E-state index in [1.54, 1.807) is 24.7 Å². The molecule has 1 N–H and O–H groups in total. The lowest BCUT2D eigenvalue weighted by Gasteiger charge is -2.22. The van der Waals surface area contributed by atoms with Crippen LogP contribution in [0.4, 0.5) is 0 Å². The molecule has 1 aliphatic rings. The minimum atomic E-state index is -0.0186. The first kappa shape index (κ1) is 13.2. The monoisotopic (exact) mass is 307 g/mol. The maximum atomic E-state index is 11.7. The molecule has 20 heavy (non-hydrogen) atoms. The summed E-state index contributed by atoms with van der Waals surface area (Å²) in [6, 6.07) is 5.22. The molecule has 0 radical (unpaired) electrons. The molecular weight excluding hydrogens is 297 g/mol. The average Bonchev–Trinajstić information content (AvgIpc) is 2.92. The van der Waals surface area contributed by atoms with E-state index < -0.39 is 0 Å². The van der Waals surface area contributed by atoms with Gasteiger partial charge in [-0.3, -0.25) is 4.79 Å². The van der Waals surface area contributed by atoms with Gasteiger partial charge in [0, 0.05) is 35.1 Å². The van der Waals surface area contributed by atoms with Gasteiger partial charge in [-0.1, -0.05) is 23.2 Å². The highest BCUT2D eigenvalue weighted by Gasteiger charge is 2.22. The molecule has 0 saturated heterocycles. The summed E-state index contributed by atoms with van der Waals surface area (Å²) in [6.07, 6.45) is 6.33. The molecule has 6 heteroatoms. The van der Waals surface area contributed by atoms with E-state index in [9.17, 15) is 4.79 Å². The highest BCUT2D eigenvalue weighted by molar-refractivity contribution is 6.36. The Kier molecular flexibility index (Phi) is 3.51. The SMILES string of the molecule is O=C1CCC(n2ccnc2)=C(c2ccc(Cl)cc2Cl)N1. The van der Waals surface area contributed by atoms with Crippen molar-refractivity contribution in [1.29, 1.82) is 0 Å². The number of aromatic nitrogens is 2. The Morgan fingerprint density at radius 2 is 2.10 bits per heavy atom. The zero-order chi connectivity index (χ0) is 14.1. The summed E-state index contributed by atoms with van der Waals surface area (Å²) in [6.45, 7) is 0. The fraction of sp³-hybridized carbons (Fsp3) is 0.143. The molecule has 0 atom stereocenters. The predicted octanol–water partition coefficient (Wildman–Crippen LogP) is 3.43. The van der Waals surface area contributed by atoms with Gasteiger partial charge in [-0.05, 0) is 24.6 Å². The number of benzene rings is 1. The molecule has 0 aliphatic carbocycles. The lowest BCUT2D eigenvalue weighted by molar-refractivity contribution is -0.120. The summed E-state index contributed by atoms with van der Waals surface area (Å²) in [5, 5.41) is 3.96. The third-order valence-electron chi connectivity index (χ3n) is 3.16. The van der Waals surface area contributed by atoms with Crippen molar-refractivity contribution < 1.29 is 4.79 Å². The van der Waals surface area contributed by atoms with Crippen molar-refractivity contribution in [1.82, 2.24) is 14.9 Å². The Labute approximate surface area is 126 Å². The molecule has 0 spiro atoms. The van der Waals surface area contributed by atoms with Gasteiger partial charge in [0.25, 0.3) is 0 Å². The van der Waals surface area contributed by atoms with Crippen LogP contribution in [0.15, 0.2) is 36.9 Å². The van der Waals surface area contributed by atoms with Gasteiger partial charge in [0.15, 0.2) is 0 Å². The first-order valence-corrected chi connectivity index (χ1v) is 6.87. The normalized spacial score (nSPS) is 15.4. The van der Waals surface area contributed by atoms with Crippen molar-refractivity contribution in [3.63, 3.8) is 0 Å². The summed E-state index contributed by atoms with van der Waals surface area (Å²) >= 11 is 12.2. The van der Waals surface area contributed by atoms with Crippen molar-refractivity contribution in [3.05, 3.63) is 52.5 Å². The van der Waals surface area contributed by atoms with Gasteiger partial charge >= 0.3 is 0 Å². The molecule has 102 valence electrons. The zero-order valence-electron chi connectivity index (χ0n) is 10.4. The van der Waals surface area contributed by atoms with Crippen LogP contribution < -0.4 is 5.32 Å². The number of amides is 1. The Morgan fingerprint density at radius 3 is 2.80 bits per heavy atom. The number of hydrogen-bond donors (Lipinski definition) is 1. The van der Waals surface area contributed by atoms with Crippen LogP contribution in [0.25, 0.3) is 11.4 Å². The quantitative estimate of drug-likeness (QED) is 0.924. The molecule has 2 heterocycles. The van der Waals surface area contributed by atoms with Crippen molar-refractivity contribution in [2.75, 3.05) is 0 Å². The molecule has 1 aromatic heterocycles. The Balaban J connectivity index is 2.16. The average molecular weight is 308 g/mol. The lowest BCUT2D eigenvalue weighted by Crippen LogP contribution is -2.28. The smallest absolute Gasteiger partial charge is 0.224 e. The molecule has 1 amide bonds. The van der Waals surface area contributed by atoms with Gasteiger partial charge in [-0.2, -0.15) is 0 Å². The van der Waals surface area contributed by atoms with Gasteiger partial charge in [0.2, 0.25) is 5.91 Å². The van der Waals surface area contributed by atoms with Crippen molar-refractivity contribution in [2.24, 2.45) is 0 Å². The maximum absolute atomic E-state index is 11.7. The zero-order valence-corrected chi connectivity index (χ0v) is 11.9. The van der Waals surface area contributed by atoms with E-state index in [1.807, 2.05) is 16.8 Å². The van der Waals surface area contributed by atoms with Gasteiger partial charge in [-0.25, -0.2) is 4.98 Å². The van der Waals surface area contributed by atoms with E-state index in [0.717, 1.165) is 11.3 Å². The van der Waals surface area contributed by atoms with Crippen LogP contribution in [-0.2, 0) is 4.79 Å². The highest BCUT2D eigenvalue weighted by atomic mass is 35.5. The Hall–Kier alpha value is -1.78. The van der Waals surface area contributed by atoms with E-state index in [4.69, 9.17) is 23.2 Å². The molecule has 0 fully saturated rings. The maximum Gasteiger partial charge on any atom is 0.224 e. The number of nitrogens with one attached hydrogen (secondary N) is 1. The second-order valence-electron chi connectivity index (χ2n) is 4.46. The number of hydrogen-bond acceptors (Lipinski definition) is 2. The standard InChI is InChI=1S/C14H11Cl2N3O/c15-9-1-2-10(11(16)7-9)14-12(3-4-13(20)18-14)19-6-5-17-8-19/h1-2,5-8H,3-4H2,(H,18,20). The summed E-state index contributed by atoms with van der Waals surface area (Å²) < 4.78 is 1.89. The minimum Gasteiger partial charge on any atom is -0.324 e. The van der Waals surface area contributed by atoms with E-state index in [0.29, 0.717) is 28.6 Å². The van der Waals surface area contributed by atoms with Gasteiger partial charge in [0.1, 0.15) is 0 Å². The molecule has 2 aromatic rings. The third-order valence-corrected chi connectivity index (χ3v) is 3.71. The largest absolute Gasteiger partial charge is 0.324 e. The minimum absolute atomic E-state index is 0.0186. The van der Waals surface area contributed by atoms with E-state index in [1.165, 1.54) is 0 Å². The number of carbonyl (C=O) groups excluding carboxylic acids is 1. The number of carbonyl (C=O) groups is 1. The molecule has 1 aromatic carbocycles. The summed E-state index contributed by atoms with van der Waals surface area (Å²) in [7, 11) is 0. The molecule has 4 nitrogen and oxygen atoms in total. The van der Waals surface area contributed by atoms with Crippen LogP contribution in [0.3, 0.4) is 0 Å². The Bertz CT molecular complexity index is 692. The van der Waals surface area contributed by atoms with Crippen LogP contribution in [0.2, 0.25) is 10.0 Å². The number of rotatable bonds is 2. The van der Waals surface area contributed by atoms with E-state index in [2.05, 4.69) is 10.3 Å². The fourth-order valence-corrected chi connectivity index (χ4v) is 2.73. The molecule has 0 unspecified atom stereocenters. The van der Waals surface area contributed by atoms with Crippen LogP contribution in [0, 0.1) is 0 Å². The number of nitrogens with zero attached hydrogens (tertiary/aromatic N) is 2. The second-order valence-corrected chi connectivity index (χ2v) is 5.31. The molecule has 0 bridgehead atoms. The van der Waals surface area contributed by atoms with Crippen molar-refractivity contribution in [2.45, 2.75) is 12.8 Å². The number of halogens is 2. The first-order valence-electron chi connectivity index (χ1n) is 6.12. The first-order chi connectivity index (χ1) is 9.65. The third kappa shape index (κ3) is 2.44. The summed E-state index contributed by atoms with van der Waals surface area (Å²) in [5.74, 6) is -0.0186. The Morgan fingerprint density at radius 1 is 1.25 bits per heavy atom. The second kappa shape index (κ2) is 5.31. The molecule has 3 rings (SSSR count). The van der Waals surface area contributed by atoms with E-state index >= 15 is 0 Å². The number of allylic oxidation sites excluding steroid dienone is 1. The summed E-state index contributed by atoms with van der Waals surface area (Å²) in [4.78, 5) is 15.7. The van der Waals surface area contributed by atoms with Crippen molar-refractivity contribution >= 4 is 40.5 Å². The highest BCUT2D eigenvalue weighted by Crippen LogP contribution is 2.32. The topological polar surface area (TPSA) is 46.9 Å². The van der Waals surface area contributed by atoms with Gasteiger partial charge < -0.3 is 9.88 Å². The van der Waals surface area contributed by atoms with Crippen LogP contribution in [0.5, 0.6) is 0 Å². The predicted molar refractivity (Wildman–Crippen MR) is 79.2 cm³/mol. The van der Waals surface area contributed by atoms with Crippen LogP contribution in [0.1, 0.15) is 18.4 Å². The molecule has 1 aliphatic heterocycles. The van der Waals surface area contributed by atoms with Gasteiger partial charge in [0.05, 0.1) is 17.0 Å². The van der Waals surface area contributed by atoms with Crippen LogP contribution in [-0.4, -0.2) is 15.5 Å². The van der Waals surface area contributed by atoms with E-state index in [-0.39, 0.29) is 5.91 Å². The van der Waals surface area contributed by atoms with Crippen LogP contribution >= 0.6 is 23.2 Å². The lowest BCUT2D eigenvalue weighted by atomic mass is 10.0. The molecular formula is C14H11Cl2N3O. The molecule has 0 saturated carbocycles.